The molecule has 1 aromatic heterocycles. The summed E-state index contributed by atoms with van der Waals surface area (Å²) in [5.41, 5.74) is 0.429. The molecule has 1 aliphatic carbocycles. The zero-order valence-electron chi connectivity index (χ0n) is 12.2. The molecule has 0 aliphatic heterocycles. The summed E-state index contributed by atoms with van der Waals surface area (Å²) in [5.74, 6) is 3.16. The number of aromatic nitrogens is 3. The van der Waals surface area contributed by atoms with Gasteiger partial charge < -0.3 is 0 Å². The zero-order valence-corrected chi connectivity index (χ0v) is 12.2. The van der Waals surface area contributed by atoms with Crippen molar-refractivity contribution in [3.63, 3.8) is 0 Å². The average molecular weight is 235 g/mol. The predicted octanol–water partition coefficient (Wildman–Crippen LogP) is 3.67. The Labute approximate surface area is 105 Å². The van der Waals surface area contributed by atoms with Gasteiger partial charge in [-0.05, 0) is 32.6 Å². The largest absolute Gasteiger partial charge is 0.244 e. The van der Waals surface area contributed by atoms with Gasteiger partial charge in [0.1, 0.15) is 5.82 Å². The molecule has 17 heavy (non-hydrogen) atoms. The van der Waals surface area contributed by atoms with Gasteiger partial charge in [-0.1, -0.05) is 27.7 Å². The SMILES string of the molecule is CC(C)c1nc([C@@H]2CC2(C)C)n(C(C)(C)C)n1. The maximum atomic E-state index is 4.79. The minimum atomic E-state index is 0.0220. The topological polar surface area (TPSA) is 30.7 Å². The minimum Gasteiger partial charge on any atom is -0.244 e. The molecule has 1 atom stereocenters. The molecule has 1 aromatic rings. The Hall–Kier alpha value is -0.860. The molecular weight excluding hydrogens is 210 g/mol. The highest BCUT2D eigenvalue weighted by Crippen LogP contribution is 2.58. The van der Waals surface area contributed by atoms with Crippen molar-refractivity contribution >= 4 is 0 Å². The fraction of sp³-hybridized carbons (Fsp3) is 0.857. The number of nitrogens with zero attached hydrogens (tertiary/aromatic N) is 3. The average Bonchev–Trinajstić information content (AvgIpc) is 2.62. The van der Waals surface area contributed by atoms with E-state index in [9.17, 15) is 0 Å². The molecule has 0 radical (unpaired) electrons. The summed E-state index contributed by atoms with van der Waals surface area (Å²) in [7, 11) is 0. The highest BCUT2D eigenvalue weighted by molar-refractivity contribution is 5.18. The van der Waals surface area contributed by atoms with Gasteiger partial charge in [0.2, 0.25) is 0 Å². The van der Waals surface area contributed by atoms with E-state index in [1.165, 1.54) is 12.2 Å². The number of hydrogen-bond donors (Lipinski definition) is 0. The van der Waals surface area contributed by atoms with Crippen LogP contribution < -0.4 is 0 Å². The van der Waals surface area contributed by atoms with Crippen molar-refractivity contribution in [2.45, 2.75) is 72.3 Å². The highest BCUT2D eigenvalue weighted by atomic mass is 15.4. The quantitative estimate of drug-likeness (QED) is 0.783. The lowest BCUT2D eigenvalue weighted by molar-refractivity contribution is 0.335. The van der Waals surface area contributed by atoms with Crippen LogP contribution in [-0.4, -0.2) is 14.8 Å². The van der Waals surface area contributed by atoms with Crippen molar-refractivity contribution in [2.75, 3.05) is 0 Å². The Bertz CT molecular complexity index is 421. The van der Waals surface area contributed by atoms with Gasteiger partial charge >= 0.3 is 0 Å². The van der Waals surface area contributed by atoms with Crippen LogP contribution in [0, 0.1) is 5.41 Å². The van der Waals surface area contributed by atoms with Crippen LogP contribution in [0.15, 0.2) is 0 Å². The van der Waals surface area contributed by atoms with Crippen molar-refractivity contribution in [1.29, 1.82) is 0 Å². The first-order valence-electron chi connectivity index (χ1n) is 6.60. The molecule has 96 valence electrons. The van der Waals surface area contributed by atoms with E-state index in [1.54, 1.807) is 0 Å². The summed E-state index contributed by atoms with van der Waals surface area (Å²) in [6.45, 7) is 15.5. The first-order chi connectivity index (χ1) is 7.63. The van der Waals surface area contributed by atoms with Crippen LogP contribution in [0.25, 0.3) is 0 Å². The van der Waals surface area contributed by atoms with Crippen LogP contribution in [0.1, 0.15) is 78.4 Å². The van der Waals surface area contributed by atoms with Crippen LogP contribution in [0.5, 0.6) is 0 Å². The van der Waals surface area contributed by atoms with Crippen LogP contribution >= 0.6 is 0 Å². The lowest BCUT2D eigenvalue weighted by Gasteiger charge is -2.21. The first kappa shape index (κ1) is 12.6. The lowest BCUT2D eigenvalue weighted by Crippen LogP contribution is -2.25. The summed E-state index contributed by atoms with van der Waals surface area (Å²) in [4.78, 5) is 4.79. The Kier molecular flexibility index (Phi) is 2.64. The van der Waals surface area contributed by atoms with E-state index in [0.29, 0.717) is 17.3 Å². The molecule has 0 aromatic carbocycles. The van der Waals surface area contributed by atoms with E-state index in [0.717, 1.165) is 5.82 Å². The van der Waals surface area contributed by atoms with E-state index < -0.39 is 0 Å². The normalized spacial score (nSPS) is 23.2. The number of hydrogen-bond acceptors (Lipinski definition) is 2. The van der Waals surface area contributed by atoms with Gasteiger partial charge in [-0.15, -0.1) is 0 Å². The molecule has 0 spiro atoms. The molecule has 1 heterocycles. The summed E-state index contributed by atoms with van der Waals surface area (Å²) in [6, 6.07) is 0. The van der Waals surface area contributed by atoms with E-state index in [4.69, 9.17) is 10.1 Å². The standard InChI is InChI=1S/C14H25N3/c1-9(2)11-15-12(10-8-14(10,6)7)17(16-11)13(3,4)5/h9-10H,8H2,1-7H3/t10-/m0/s1. The van der Waals surface area contributed by atoms with Gasteiger partial charge in [-0.2, -0.15) is 5.10 Å². The smallest absolute Gasteiger partial charge is 0.153 e. The highest BCUT2D eigenvalue weighted by Gasteiger charge is 2.50. The van der Waals surface area contributed by atoms with Crippen LogP contribution in [0.2, 0.25) is 0 Å². The van der Waals surface area contributed by atoms with E-state index in [-0.39, 0.29) is 5.54 Å². The minimum absolute atomic E-state index is 0.0220. The van der Waals surface area contributed by atoms with Crippen LogP contribution in [0.4, 0.5) is 0 Å². The maximum Gasteiger partial charge on any atom is 0.153 e. The fourth-order valence-electron chi connectivity index (χ4n) is 2.21. The Balaban J connectivity index is 2.43. The third-order valence-corrected chi connectivity index (χ3v) is 3.63. The molecule has 2 rings (SSSR count). The van der Waals surface area contributed by atoms with Crippen molar-refractivity contribution < 1.29 is 0 Å². The molecule has 1 saturated carbocycles. The van der Waals surface area contributed by atoms with Gasteiger partial charge in [0.05, 0.1) is 5.54 Å². The van der Waals surface area contributed by atoms with Gasteiger partial charge in [0.15, 0.2) is 5.82 Å². The zero-order chi connectivity index (χ0) is 13.0. The second-order valence-corrected chi connectivity index (χ2v) is 7.31. The van der Waals surface area contributed by atoms with Gasteiger partial charge in [-0.3, -0.25) is 0 Å². The van der Waals surface area contributed by atoms with E-state index >= 15 is 0 Å². The Morgan fingerprint density at radius 3 is 2.18 bits per heavy atom. The molecular formula is C14H25N3. The van der Waals surface area contributed by atoms with E-state index in [2.05, 4.69) is 53.1 Å². The van der Waals surface area contributed by atoms with Crippen molar-refractivity contribution in [3.8, 4) is 0 Å². The Morgan fingerprint density at radius 1 is 1.29 bits per heavy atom. The van der Waals surface area contributed by atoms with Crippen LogP contribution in [-0.2, 0) is 5.54 Å². The summed E-state index contributed by atoms with van der Waals surface area (Å²) >= 11 is 0. The third-order valence-electron chi connectivity index (χ3n) is 3.63. The second kappa shape index (κ2) is 3.56. The van der Waals surface area contributed by atoms with Gasteiger partial charge in [0.25, 0.3) is 0 Å². The van der Waals surface area contributed by atoms with Crippen molar-refractivity contribution in [2.24, 2.45) is 5.41 Å². The molecule has 0 bridgehead atoms. The Morgan fingerprint density at radius 2 is 1.82 bits per heavy atom. The van der Waals surface area contributed by atoms with Gasteiger partial charge in [0, 0.05) is 11.8 Å². The summed E-state index contributed by atoms with van der Waals surface area (Å²) in [6.07, 6.45) is 1.24. The number of rotatable bonds is 2. The van der Waals surface area contributed by atoms with Gasteiger partial charge in [-0.25, -0.2) is 9.67 Å². The summed E-state index contributed by atoms with van der Waals surface area (Å²) < 4.78 is 2.14. The molecule has 0 amide bonds. The lowest BCUT2D eigenvalue weighted by atomic mass is 10.1. The fourth-order valence-corrected chi connectivity index (χ4v) is 2.21. The molecule has 0 unspecified atom stereocenters. The van der Waals surface area contributed by atoms with Crippen molar-refractivity contribution in [3.05, 3.63) is 11.6 Å². The molecule has 0 saturated heterocycles. The second-order valence-electron chi connectivity index (χ2n) is 7.31. The summed E-state index contributed by atoms with van der Waals surface area (Å²) in [5, 5.41) is 4.71. The molecule has 1 fully saturated rings. The van der Waals surface area contributed by atoms with Crippen LogP contribution in [0.3, 0.4) is 0 Å². The monoisotopic (exact) mass is 235 g/mol. The molecule has 3 heteroatoms. The predicted molar refractivity (Wildman–Crippen MR) is 70.2 cm³/mol. The molecule has 1 aliphatic rings. The third kappa shape index (κ3) is 2.24. The maximum absolute atomic E-state index is 4.79. The molecule has 0 N–H and O–H groups in total. The molecule has 3 nitrogen and oxygen atoms in total. The van der Waals surface area contributed by atoms with E-state index in [1.807, 2.05) is 0 Å². The first-order valence-corrected chi connectivity index (χ1v) is 6.60. The van der Waals surface area contributed by atoms with Crippen molar-refractivity contribution in [1.82, 2.24) is 14.8 Å².